The van der Waals surface area contributed by atoms with Crippen LogP contribution in [0, 0.1) is 6.92 Å². The van der Waals surface area contributed by atoms with E-state index in [0.29, 0.717) is 18.4 Å². The van der Waals surface area contributed by atoms with E-state index in [1.165, 1.54) is 0 Å². The predicted octanol–water partition coefficient (Wildman–Crippen LogP) is 2.26. The van der Waals surface area contributed by atoms with Gasteiger partial charge in [0.1, 0.15) is 6.54 Å². The molecule has 0 amide bonds. The summed E-state index contributed by atoms with van der Waals surface area (Å²) >= 11 is 0. The van der Waals surface area contributed by atoms with E-state index in [1.807, 2.05) is 27.7 Å². The molecule has 1 N–H and O–H groups in total. The van der Waals surface area contributed by atoms with Crippen molar-refractivity contribution in [1.29, 1.82) is 0 Å². The first-order valence-electron chi connectivity index (χ1n) is 6.94. The lowest BCUT2D eigenvalue weighted by Gasteiger charge is -2.27. The first-order valence-corrected chi connectivity index (χ1v) is 6.94. The van der Waals surface area contributed by atoms with Crippen LogP contribution < -0.4 is 9.64 Å². The molecule has 6 heteroatoms. The largest absolute Gasteiger partial charge is 0.480 e. The first-order chi connectivity index (χ1) is 9.47. The Kier molecular flexibility index (Phi) is 6.21. The summed E-state index contributed by atoms with van der Waals surface area (Å²) in [5.41, 5.74) is 0.764. The quantitative estimate of drug-likeness (QED) is 0.787. The van der Waals surface area contributed by atoms with Crippen molar-refractivity contribution in [3.8, 4) is 5.88 Å². The third kappa shape index (κ3) is 4.68. The lowest BCUT2D eigenvalue weighted by Crippen LogP contribution is -2.38. The molecule has 0 aliphatic carbocycles. The number of aliphatic carboxylic acids is 1. The van der Waals surface area contributed by atoms with Gasteiger partial charge in [0.05, 0.1) is 6.61 Å². The van der Waals surface area contributed by atoms with Crippen molar-refractivity contribution in [1.82, 2.24) is 9.97 Å². The van der Waals surface area contributed by atoms with Gasteiger partial charge in [0.25, 0.3) is 0 Å². The van der Waals surface area contributed by atoms with Crippen molar-refractivity contribution in [2.24, 2.45) is 0 Å². The van der Waals surface area contributed by atoms with Crippen molar-refractivity contribution in [3.05, 3.63) is 11.8 Å². The Morgan fingerprint density at radius 1 is 1.45 bits per heavy atom. The topological polar surface area (TPSA) is 75.5 Å². The molecule has 1 atom stereocenters. The fourth-order valence-corrected chi connectivity index (χ4v) is 1.72. The van der Waals surface area contributed by atoms with Gasteiger partial charge in [0.2, 0.25) is 11.8 Å². The molecule has 112 valence electrons. The standard InChI is InChI=1S/C14H23N3O3/c1-5-7-20-12-8-10(3)15-14(16-12)17(9-13(18)19)11(4)6-2/h8,11H,5-7,9H2,1-4H3,(H,18,19). The van der Waals surface area contributed by atoms with Gasteiger partial charge in [-0.1, -0.05) is 13.8 Å². The molecular formula is C14H23N3O3. The normalized spacial score (nSPS) is 12.0. The summed E-state index contributed by atoms with van der Waals surface area (Å²) in [5.74, 6) is 0.00678. The Hall–Kier alpha value is -1.85. The second-order valence-corrected chi connectivity index (χ2v) is 4.77. The highest BCUT2D eigenvalue weighted by atomic mass is 16.5. The number of carboxylic acid groups (broad SMARTS) is 1. The number of carbonyl (C=O) groups is 1. The van der Waals surface area contributed by atoms with Gasteiger partial charge in [0.15, 0.2) is 0 Å². The van der Waals surface area contributed by atoms with Gasteiger partial charge < -0.3 is 14.7 Å². The number of anilines is 1. The minimum atomic E-state index is -0.897. The summed E-state index contributed by atoms with van der Waals surface area (Å²) < 4.78 is 5.52. The fraction of sp³-hybridized carbons (Fsp3) is 0.643. The van der Waals surface area contributed by atoms with Crippen LogP contribution in [0.25, 0.3) is 0 Å². The average Bonchev–Trinajstić information content (AvgIpc) is 2.40. The van der Waals surface area contributed by atoms with Gasteiger partial charge in [-0.3, -0.25) is 4.79 Å². The number of aryl methyl sites for hydroxylation is 1. The summed E-state index contributed by atoms with van der Waals surface area (Å²) in [6.07, 6.45) is 1.71. The van der Waals surface area contributed by atoms with Crippen LogP contribution in [-0.4, -0.2) is 40.2 Å². The van der Waals surface area contributed by atoms with Gasteiger partial charge in [-0.2, -0.15) is 4.98 Å². The van der Waals surface area contributed by atoms with Crippen molar-refractivity contribution < 1.29 is 14.6 Å². The molecule has 0 spiro atoms. The molecule has 0 saturated heterocycles. The maximum atomic E-state index is 11.0. The van der Waals surface area contributed by atoms with E-state index in [9.17, 15) is 4.79 Å². The Morgan fingerprint density at radius 2 is 2.15 bits per heavy atom. The zero-order valence-corrected chi connectivity index (χ0v) is 12.6. The van der Waals surface area contributed by atoms with Gasteiger partial charge in [-0.25, -0.2) is 4.98 Å². The smallest absolute Gasteiger partial charge is 0.323 e. The van der Waals surface area contributed by atoms with Gasteiger partial charge in [-0.05, 0) is 26.7 Å². The lowest BCUT2D eigenvalue weighted by atomic mass is 10.2. The number of rotatable bonds is 8. The molecule has 1 aromatic heterocycles. The Bertz CT molecular complexity index is 451. The molecule has 0 fully saturated rings. The minimum Gasteiger partial charge on any atom is -0.480 e. The van der Waals surface area contributed by atoms with Gasteiger partial charge in [-0.15, -0.1) is 0 Å². The molecule has 1 heterocycles. The number of carboxylic acids is 1. The summed E-state index contributed by atoms with van der Waals surface area (Å²) in [6.45, 7) is 8.29. The fourth-order valence-electron chi connectivity index (χ4n) is 1.72. The van der Waals surface area contributed by atoms with Crippen LogP contribution in [0.4, 0.5) is 5.95 Å². The maximum absolute atomic E-state index is 11.0. The molecule has 0 aliphatic rings. The van der Waals surface area contributed by atoms with E-state index >= 15 is 0 Å². The van der Waals surface area contributed by atoms with Crippen LogP contribution in [0.3, 0.4) is 0 Å². The van der Waals surface area contributed by atoms with Crippen LogP contribution in [0.1, 0.15) is 39.3 Å². The summed E-state index contributed by atoms with van der Waals surface area (Å²) in [6, 6.07) is 1.81. The van der Waals surface area contributed by atoms with Crippen molar-refractivity contribution >= 4 is 11.9 Å². The molecule has 0 aliphatic heterocycles. The van der Waals surface area contributed by atoms with Crippen molar-refractivity contribution in [2.75, 3.05) is 18.1 Å². The van der Waals surface area contributed by atoms with E-state index in [-0.39, 0.29) is 12.6 Å². The zero-order valence-electron chi connectivity index (χ0n) is 12.6. The van der Waals surface area contributed by atoms with Crippen LogP contribution >= 0.6 is 0 Å². The molecule has 0 radical (unpaired) electrons. The number of hydrogen-bond donors (Lipinski definition) is 1. The molecule has 1 rings (SSSR count). The Morgan fingerprint density at radius 3 is 2.70 bits per heavy atom. The highest BCUT2D eigenvalue weighted by Crippen LogP contribution is 2.18. The van der Waals surface area contributed by atoms with Crippen LogP contribution in [-0.2, 0) is 4.79 Å². The van der Waals surface area contributed by atoms with E-state index in [2.05, 4.69) is 9.97 Å². The molecule has 0 aromatic carbocycles. The highest BCUT2D eigenvalue weighted by Gasteiger charge is 2.20. The third-order valence-corrected chi connectivity index (χ3v) is 2.96. The zero-order chi connectivity index (χ0) is 15.1. The Balaban J connectivity index is 3.05. The van der Waals surface area contributed by atoms with E-state index in [0.717, 1.165) is 18.5 Å². The van der Waals surface area contributed by atoms with Crippen molar-refractivity contribution in [3.63, 3.8) is 0 Å². The number of aromatic nitrogens is 2. The second-order valence-electron chi connectivity index (χ2n) is 4.77. The molecular weight excluding hydrogens is 258 g/mol. The molecule has 6 nitrogen and oxygen atoms in total. The maximum Gasteiger partial charge on any atom is 0.323 e. The minimum absolute atomic E-state index is 0.0481. The van der Waals surface area contributed by atoms with E-state index in [4.69, 9.17) is 9.84 Å². The van der Waals surface area contributed by atoms with E-state index < -0.39 is 5.97 Å². The highest BCUT2D eigenvalue weighted by molar-refractivity contribution is 5.72. The monoisotopic (exact) mass is 281 g/mol. The SMILES string of the molecule is CCCOc1cc(C)nc(N(CC(=O)O)C(C)CC)n1. The molecule has 1 aromatic rings. The molecule has 1 unspecified atom stereocenters. The summed E-state index contributed by atoms with van der Waals surface area (Å²) in [7, 11) is 0. The molecule has 0 bridgehead atoms. The van der Waals surface area contributed by atoms with Crippen LogP contribution in [0.2, 0.25) is 0 Å². The average molecular weight is 281 g/mol. The van der Waals surface area contributed by atoms with Gasteiger partial charge in [0, 0.05) is 17.8 Å². The molecule has 20 heavy (non-hydrogen) atoms. The van der Waals surface area contributed by atoms with E-state index in [1.54, 1.807) is 11.0 Å². The lowest BCUT2D eigenvalue weighted by molar-refractivity contribution is -0.135. The van der Waals surface area contributed by atoms with Crippen LogP contribution in [0.15, 0.2) is 6.07 Å². The molecule has 0 saturated carbocycles. The first kappa shape index (κ1) is 16.2. The Labute approximate surface area is 119 Å². The number of ether oxygens (including phenoxy) is 1. The summed E-state index contributed by atoms with van der Waals surface area (Å²) in [4.78, 5) is 21.4. The van der Waals surface area contributed by atoms with Crippen LogP contribution in [0.5, 0.6) is 5.88 Å². The number of hydrogen-bond acceptors (Lipinski definition) is 5. The van der Waals surface area contributed by atoms with Crippen molar-refractivity contribution in [2.45, 2.75) is 46.6 Å². The van der Waals surface area contributed by atoms with Gasteiger partial charge >= 0.3 is 5.97 Å². The summed E-state index contributed by atoms with van der Waals surface area (Å²) in [5, 5.41) is 9.04. The predicted molar refractivity (Wildman–Crippen MR) is 77.3 cm³/mol. The number of nitrogens with zero attached hydrogens (tertiary/aromatic N) is 3. The second kappa shape index (κ2) is 7.67. The third-order valence-electron chi connectivity index (χ3n) is 2.96.